The zero-order chi connectivity index (χ0) is 13.3. The van der Waals surface area contributed by atoms with Crippen molar-refractivity contribution in [3.63, 3.8) is 0 Å². The molecule has 0 radical (unpaired) electrons. The van der Waals surface area contributed by atoms with Gasteiger partial charge in [-0.2, -0.15) is 0 Å². The van der Waals surface area contributed by atoms with Crippen molar-refractivity contribution in [2.45, 2.75) is 13.0 Å². The molecule has 0 saturated heterocycles. The van der Waals surface area contributed by atoms with E-state index in [9.17, 15) is 0 Å². The molecule has 96 valence electrons. The number of nitrogens with zero attached hydrogens (tertiary/aromatic N) is 2. The summed E-state index contributed by atoms with van der Waals surface area (Å²) in [6.07, 6.45) is 3.84. The molecular weight excluding hydrogens is 240 g/mol. The van der Waals surface area contributed by atoms with E-state index in [-0.39, 0.29) is 6.61 Å². The molecule has 4 nitrogen and oxygen atoms in total. The minimum atomic E-state index is 0.0779. The average molecular weight is 254 g/mol. The second-order valence-corrected chi connectivity index (χ2v) is 3.76. The number of ether oxygens (including phenoxy) is 1. The normalized spacial score (nSPS) is 9.53. The highest BCUT2D eigenvalue weighted by molar-refractivity contribution is 5.39. The summed E-state index contributed by atoms with van der Waals surface area (Å²) < 4.78 is 5.60. The third-order valence-electron chi connectivity index (χ3n) is 2.29. The first-order valence-electron chi connectivity index (χ1n) is 5.97. The molecule has 0 unspecified atom stereocenters. The summed E-state index contributed by atoms with van der Waals surface area (Å²) in [6, 6.07) is 9.26. The van der Waals surface area contributed by atoms with Crippen molar-refractivity contribution in [2.24, 2.45) is 0 Å². The molecule has 0 saturated carbocycles. The predicted molar refractivity (Wildman–Crippen MR) is 71.4 cm³/mol. The van der Waals surface area contributed by atoms with Gasteiger partial charge < -0.3 is 9.84 Å². The molecule has 0 aliphatic heterocycles. The van der Waals surface area contributed by atoms with Gasteiger partial charge in [0, 0.05) is 24.4 Å². The Morgan fingerprint density at radius 1 is 1.16 bits per heavy atom. The van der Waals surface area contributed by atoms with Gasteiger partial charge in [-0.3, -0.25) is 0 Å². The van der Waals surface area contributed by atoms with E-state index in [1.54, 1.807) is 18.5 Å². The molecule has 1 aromatic heterocycles. The molecule has 0 aliphatic carbocycles. The fourth-order valence-electron chi connectivity index (χ4n) is 1.44. The van der Waals surface area contributed by atoms with E-state index in [1.165, 1.54) is 0 Å². The number of hydrogen-bond acceptors (Lipinski definition) is 4. The monoisotopic (exact) mass is 254 g/mol. The molecule has 2 rings (SSSR count). The van der Waals surface area contributed by atoms with Crippen LogP contribution in [0.25, 0.3) is 0 Å². The van der Waals surface area contributed by atoms with Gasteiger partial charge in [0.2, 0.25) is 0 Å². The van der Waals surface area contributed by atoms with E-state index in [2.05, 4.69) is 21.8 Å². The summed E-state index contributed by atoms with van der Waals surface area (Å²) in [4.78, 5) is 8.17. The second-order valence-electron chi connectivity index (χ2n) is 3.76. The maximum Gasteiger partial charge on any atom is 0.166 e. The molecule has 0 aliphatic rings. The molecule has 2 aromatic rings. The van der Waals surface area contributed by atoms with Crippen molar-refractivity contribution in [2.75, 3.05) is 6.61 Å². The quantitative estimate of drug-likeness (QED) is 0.845. The number of benzene rings is 1. The second kappa shape index (κ2) is 7.14. The first-order valence-corrected chi connectivity index (χ1v) is 5.97. The van der Waals surface area contributed by atoms with Crippen LogP contribution in [-0.4, -0.2) is 21.7 Å². The Balaban J connectivity index is 1.98. The maximum absolute atomic E-state index is 8.67. The van der Waals surface area contributed by atoms with Crippen LogP contribution < -0.4 is 4.74 Å². The molecule has 4 heteroatoms. The molecule has 0 fully saturated rings. The van der Waals surface area contributed by atoms with E-state index in [4.69, 9.17) is 9.84 Å². The van der Waals surface area contributed by atoms with Crippen LogP contribution in [0.2, 0.25) is 0 Å². The van der Waals surface area contributed by atoms with Crippen LogP contribution in [0.15, 0.2) is 42.7 Å². The fraction of sp³-hybridized carbons (Fsp3) is 0.200. The lowest BCUT2D eigenvalue weighted by Crippen LogP contribution is -2.00. The molecule has 0 amide bonds. The number of aromatic nitrogens is 2. The van der Waals surface area contributed by atoms with Gasteiger partial charge in [0.1, 0.15) is 12.4 Å². The molecular formula is C15H14N2O2. The van der Waals surface area contributed by atoms with Gasteiger partial charge in [-0.15, -0.1) is 0 Å². The highest BCUT2D eigenvalue weighted by Crippen LogP contribution is 2.13. The van der Waals surface area contributed by atoms with E-state index in [0.29, 0.717) is 18.9 Å². The average Bonchev–Trinajstić information content (AvgIpc) is 2.47. The van der Waals surface area contributed by atoms with Crippen molar-refractivity contribution in [3.8, 4) is 17.6 Å². The zero-order valence-electron chi connectivity index (χ0n) is 10.4. The van der Waals surface area contributed by atoms with Crippen molar-refractivity contribution >= 4 is 0 Å². The molecule has 1 heterocycles. The number of rotatable bonds is 4. The van der Waals surface area contributed by atoms with E-state index < -0.39 is 0 Å². The van der Waals surface area contributed by atoms with Crippen LogP contribution in [0.3, 0.4) is 0 Å². The minimum Gasteiger partial charge on any atom is -0.486 e. The summed E-state index contributed by atoms with van der Waals surface area (Å²) >= 11 is 0. The van der Waals surface area contributed by atoms with E-state index in [1.807, 2.05) is 24.3 Å². The Labute approximate surface area is 112 Å². The Morgan fingerprint density at radius 2 is 2.00 bits per heavy atom. The minimum absolute atomic E-state index is 0.0779. The molecule has 0 spiro atoms. The number of aliphatic hydroxyl groups excluding tert-OH is 1. The number of aliphatic hydroxyl groups is 1. The topological polar surface area (TPSA) is 55.2 Å². The Hall–Kier alpha value is -2.38. The van der Waals surface area contributed by atoms with Crippen molar-refractivity contribution in [3.05, 3.63) is 54.1 Å². The molecule has 0 atom stereocenters. The third-order valence-corrected chi connectivity index (χ3v) is 2.29. The lowest BCUT2D eigenvalue weighted by molar-refractivity contribution is 0.295. The van der Waals surface area contributed by atoms with Gasteiger partial charge in [0.15, 0.2) is 5.82 Å². The van der Waals surface area contributed by atoms with Gasteiger partial charge in [0.25, 0.3) is 0 Å². The van der Waals surface area contributed by atoms with E-state index >= 15 is 0 Å². The van der Waals surface area contributed by atoms with Gasteiger partial charge >= 0.3 is 0 Å². The lowest BCUT2D eigenvalue weighted by Gasteiger charge is -2.04. The van der Waals surface area contributed by atoms with Crippen molar-refractivity contribution in [1.82, 2.24) is 9.97 Å². The Bertz CT molecular complexity index is 573. The van der Waals surface area contributed by atoms with Crippen LogP contribution in [0.5, 0.6) is 5.75 Å². The third kappa shape index (κ3) is 4.41. The van der Waals surface area contributed by atoms with Crippen LogP contribution in [0, 0.1) is 11.8 Å². The zero-order valence-corrected chi connectivity index (χ0v) is 10.4. The van der Waals surface area contributed by atoms with E-state index in [0.717, 1.165) is 11.3 Å². The summed E-state index contributed by atoms with van der Waals surface area (Å²) in [5.41, 5.74) is 0.861. The first kappa shape index (κ1) is 13.1. The summed E-state index contributed by atoms with van der Waals surface area (Å²) in [5, 5.41) is 8.67. The number of hydrogen-bond donors (Lipinski definition) is 1. The Morgan fingerprint density at radius 3 is 2.79 bits per heavy atom. The van der Waals surface area contributed by atoms with Gasteiger partial charge in [-0.05, 0) is 24.3 Å². The standard InChI is InChI=1S/C15H14N2O2/c18-10-2-1-5-13-6-3-7-14(11-13)19-12-15-16-8-4-9-17-15/h3-4,6-9,11,18H,2,10,12H2. The summed E-state index contributed by atoms with van der Waals surface area (Å²) in [5.74, 6) is 7.20. The lowest BCUT2D eigenvalue weighted by atomic mass is 10.2. The SMILES string of the molecule is OCCC#Cc1cccc(OCc2ncccn2)c1. The van der Waals surface area contributed by atoms with Crippen LogP contribution in [0.1, 0.15) is 17.8 Å². The molecule has 1 N–H and O–H groups in total. The van der Waals surface area contributed by atoms with Crippen LogP contribution >= 0.6 is 0 Å². The highest BCUT2D eigenvalue weighted by Gasteiger charge is 1.98. The van der Waals surface area contributed by atoms with Gasteiger partial charge in [-0.1, -0.05) is 17.9 Å². The smallest absolute Gasteiger partial charge is 0.166 e. The van der Waals surface area contributed by atoms with Crippen LogP contribution in [0.4, 0.5) is 0 Å². The summed E-state index contributed by atoms with van der Waals surface area (Å²) in [7, 11) is 0. The van der Waals surface area contributed by atoms with Crippen molar-refractivity contribution < 1.29 is 9.84 Å². The largest absolute Gasteiger partial charge is 0.486 e. The predicted octanol–water partition coefficient (Wildman–Crippen LogP) is 1.79. The molecule has 0 bridgehead atoms. The fourth-order valence-corrected chi connectivity index (χ4v) is 1.44. The molecule has 19 heavy (non-hydrogen) atoms. The Kier molecular flexibility index (Phi) is 4.91. The first-order chi connectivity index (χ1) is 9.38. The molecule has 1 aromatic carbocycles. The van der Waals surface area contributed by atoms with Gasteiger partial charge in [0.05, 0.1) is 6.61 Å². The summed E-state index contributed by atoms with van der Waals surface area (Å²) in [6.45, 7) is 0.406. The van der Waals surface area contributed by atoms with Crippen LogP contribution in [-0.2, 0) is 6.61 Å². The highest BCUT2D eigenvalue weighted by atomic mass is 16.5. The van der Waals surface area contributed by atoms with Gasteiger partial charge in [-0.25, -0.2) is 9.97 Å². The maximum atomic E-state index is 8.67. The van der Waals surface area contributed by atoms with Crippen molar-refractivity contribution in [1.29, 1.82) is 0 Å².